The number of imidazole rings is 1. The van der Waals surface area contributed by atoms with E-state index in [0.717, 1.165) is 5.56 Å². The summed E-state index contributed by atoms with van der Waals surface area (Å²) in [6.07, 6.45) is 0. The van der Waals surface area contributed by atoms with Crippen LogP contribution in [-0.2, 0) is 16.3 Å². The summed E-state index contributed by atoms with van der Waals surface area (Å²) in [5.41, 5.74) is 2.18. The van der Waals surface area contributed by atoms with Crippen molar-refractivity contribution in [2.75, 3.05) is 7.11 Å². The van der Waals surface area contributed by atoms with Crippen LogP contribution in [0.2, 0.25) is 5.02 Å². The van der Waals surface area contributed by atoms with Crippen molar-refractivity contribution in [1.29, 1.82) is 0 Å². The first kappa shape index (κ1) is 16.2. The Kier molecular flexibility index (Phi) is 4.93. The Hall–Kier alpha value is -2.63. The molecule has 24 heavy (non-hydrogen) atoms. The Balaban J connectivity index is 2.28. The van der Waals surface area contributed by atoms with E-state index in [-0.39, 0.29) is 12.6 Å². The van der Waals surface area contributed by atoms with E-state index < -0.39 is 0 Å². The van der Waals surface area contributed by atoms with Crippen LogP contribution in [0.15, 0.2) is 54.6 Å². The lowest BCUT2D eigenvalue weighted by molar-refractivity contribution is -0.120. The zero-order chi connectivity index (χ0) is 16.9. The number of aromatic nitrogens is 2. The summed E-state index contributed by atoms with van der Waals surface area (Å²) in [6.45, 7) is 0.592. The number of carbonyl (C=O) groups is 1. The van der Waals surface area contributed by atoms with Gasteiger partial charge in [-0.2, -0.15) is 4.98 Å². The molecule has 0 N–H and O–H groups in total. The molecule has 6 heteroatoms. The smallest absolute Gasteiger partial charge is 0.299 e. The maximum absolute atomic E-state index is 10.9. The summed E-state index contributed by atoms with van der Waals surface area (Å²) < 4.78 is 12.3. The van der Waals surface area contributed by atoms with Gasteiger partial charge in [0.2, 0.25) is 5.88 Å². The summed E-state index contributed by atoms with van der Waals surface area (Å²) >= 11 is 6.33. The molecule has 0 bridgehead atoms. The van der Waals surface area contributed by atoms with Crippen LogP contribution < -0.4 is 4.74 Å². The minimum atomic E-state index is 0.189. The van der Waals surface area contributed by atoms with E-state index in [0.29, 0.717) is 28.6 Å². The zero-order valence-corrected chi connectivity index (χ0v) is 13.7. The predicted octanol–water partition coefficient (Wildman–Crippen LogP) is 4.01. The van der Waals surface area contributed by atoms with E-state index in [1.165, 1.54) is 0 Å². The topological polar surface area (TPSA) is 53.4 Å². The highest BCUT2D eigenvalue weighted by Gasteiger charge is 2.22. The van der Waals surface area contributed by atoms with Gasteiger partial charge in [-0.3, -0.25) is 9.36 Å². The number of hydrogen-bond donors (Lipinski definition) is 0. The van der Waals surface area contributed by atoms with Crippen molar-refractivity contribution in [3.05, 3.63) is 59.6 Å². The Morgan fingerprint density at radius 3 is 2.50 bits per heavy atom. The van der Waals surface area contributed by atoms with Crippen LogP contribution in [0.4, 0.5) is 0 Å². The van der Waals surface area contributed by atoms with Crippen LogP contribution in [0.1, 0.15) is 0 Å². The Bertz CT molecular complexity index is 847. The largest absolute Gasteiger partial charge is 0.407 e. The van der Waals surface area contributed by atoms with Crippen LogP contribution in [0, 0.1) is 0 Å². The van der Waals surface area contributed by atoms with Crippen LogP contribution in [0.5, 0.6) is 5.88 Å². The number of methoxy groups -OCH3 is 1. The predicted molar refractivity (Wildman–Crippen MR) is 91.8 cm³/mol. The molecular formula is C18H15ClN2O3. The molecule has 0 saturated carbocycles. The number of benzene rings is 2. The van der Waals surface area contributed by atoms with Gasteiger partial charge in [-0.1, -0.05) is 60.1 Å². The normalized spacial score (nSPS) is 10.6. The number of nitrogens with zero attached hydrogens (tertiary/aromatic N) is 2. The van der Waals surface area contributed by atoms with Crippen LogP contribution in [0.25, 0.3) is 22.6 Å². The van der Waals surface area contributed by atoms with Gasteiger partial charge in [0, 0.05) is 18.2 Å². The Labute approximate surface area is 144 Å². The van der Waals surface area contributed by atoms with E-state index >= 15 is 0 Å². The van der Waals surface area contributed by atoms with Crippen LogP contribution in [0.3, 0.4) is 0 Å². The van der Waals surface area contributed by atoms with Crippen molar-refractivity contribution >= 4 is 18.1 Å². The quantitative estimate of drug-likeness (QED) is 0.635. The lowest BCUT2D eigenvalue weighted by Crippen LogP contribution is -2.05. The molecule has 0 aliphatic rings. The van der Waals surface area contributed by atoms with Gasteiger partial charge < -0.3 is 9.47 Å². The molecule has 0 fully saturated rings. The summed E-state index contributed by atoms with van der Waals surface area (Å²) in [7, 11) is 1.59. The second-order valence-electron chi connectivity index (χ2n) is 4.99. The zero-order valence-electron chi connectivity index (χ0n) is 13.0. The average molecular weight is 343 g/mol. The summed E-state index contributed by atoms with van der Waals surface area (Å²) in [6, 6.07) is 16.9. The first-order chi connectivity index (χ1) is 11.8. The van der Waals surface area contributed by atoms with Crippen molar-refractivity contribution in [2.45, 2.75) is 6.73 Å². The molecule has 3 rings (SSSR count). The number of halogens is 1. The number of ether oxygens (including phenoxy) is 2. The van der Waals surface area contributed by atoms with Crippen LogP contribution in [-0.4, -0.2) is 23.1 Å². The summed E-state index contributed by atoms with van der Waals surface area (Å²) in [4.78, 5) is 15.4. The van der Waals surface area contributed by atoms with Gasteiger partial charge in [0.05, 0.1) is 5.02 Å². The standard InChI is InChI=1S/C18H15ClN2O3/c1-23-11-21-16(14-9-5-6-10-15(14)19)18(24-12-22)20-17(21)13-7-3-2-4-8-13/h2-10,12H,11H2,1H3. The average Bonchev–Trinajstić information content (AvgIpc) is 2.95. The van der Waals surface area contributed by atoms with Gasteiger partial charge in [-0.15, -0.1) is 0 Å². The summed E-state index contributed by atoms with van der Waals surface area (Å²) in [5, 5.41) is 0.533. The SMILES string of the molecule is COCn1c(-c2ccccc2)nc(OC=O)c1-c1ccccc1Cl. The second kappa shape index (κ2) is 7.29. The third kappa shape index (κ3) is 3.04. The molecule has 0 radical (unpaired) electrons. The monoisotopic (exact) mass is 342 g/mol. The fourth-order valence-corrected chi connectivity index (χ4v) is 2.76. The second-order valence-corrected chi connectivity index (χ2v) is 5.40. The molecule has 0 spiro atoms. The molecule has 0 saturated heterocycles. The first-order valence-corrected chi connectivity index (χ1v) is 7.64. The molecule has 2 aromatic carbocycles. The van der Waals surface area contributed by atoms with Gasteiger partial charge >= 0.3 is 0 Å². The molecule has 0 aliphatic heterocycles. The van der Waals surface area contributed by atoms with Crippen molar-refractivity contribution in [2.24, 2.45) is 0 Å². The van der Waals surface area contributed by atoms with Gasteiger partial charge in [-0.25, -0.2) is 0 Å². The van der Waals surface area contributed by atoms with Gasteiger partial charge in [-0.05, 0) is 6.07 Å². The first-order valence-electron chi connectivity index (χ1n) is 7.26. The molecule has 0 aliphatic carbocycles. The maximum atomic E-state index is 10.9. The molecule has 1 aromatic heterocycles. The lowest BCUT2D eigenvalue weighted by Gasteiger charge is -2.12. The van der Waals surface area contributed by atoms with Crippen molar-refractivity contribution in [3.8, 4) is 28.5 Å². The van der Waals surface area contributed by atoms with Gasteiger partial charge in [0.15, 0.2) is 0 Å². The molecule has 0 amide bonds. The fraction of sp³-hybridized carbons (Fsp3) is 0.111. The van der Waals surface area contributed by atoms with Crippen molar-refractivity contribution in [1.82, 2.24) is 9.55 Å². The number of carbonyl (C=O) groups excluding carboxylic acids is 1. The van der Waals surface area contributed by atoms with E-state index in [9.17, 15) is 4.79 Å². The number of hydrogen-bond acceptors (Lipinski definition) is 4. The fourth-order valence-electron chi connectivity index (χ4n) is 2.53. The molecule has 0 atom stereocenters. The van der Waals surface area contributed by atoms with E-state index in [1.54, 1.807) is 13.2 Å². The van der Waals surface area contributed by atoms with E-state index in [1.807, 2.05) is 53.1 Å². The third-order valence-electron chi connectivity index (χ3n) is 3.51. The van der Waals surface area contributed by atoms with Crippen molar-refractivity contribution in [3.63, 3.8) is 0 Å². The lowest BCUT2D eigenvalue weighted by atomic mass is 10.1. The molecular weight excluding hydrogens is 328 g/mol. The molecule has 122 valence electrons. The molecule has 5 nitrogen and oxygen atoms in total. The van der Waals surface area contributed by atoms with Crippen LogP contribution >= 0.6 is 11.6 Å². The molecule has 0 unspecified atom stereocenters. The maximum Gasteiger partial charge on any atom is 0.299 e. The van der Waals surface area contributed by atoms with E-state index in [4.69, 9.17) is 21.1 Å². The Morgan fingerprint density at radius 1 is 1.12 bits per heavy atom. The minimum absolute atomic E-state index is 0.189. The van der Waals surface area contributed by atoms with Gasteiger partial charge in [0.1, 0.15) is 18.2 Å². The number of rotatable bonds is 6. The molecule has 1 heterocycles. The molecule has 3 aromatic rings. The summed E-state index contributed by atoms with van der Waals surface area (Å²) in [5.74, 6) is 0.818. The highest BCUT2D eigenvalue weighted by Crippen LogP contribution is 2.38. The van der Waals surface area contributed by atoms with Gasteiger partial charge in [0.25, 0.3) is 6.47 Å². The van der Waals surface area contributed by atoms with E-state index in [2.05, 4.69) is 4.98 Å². The minimum Gasteiger partial charge on any atom is -0.407 e. The Morgan fingerprint density at radius 2 is 1.83 bits per heavy atom. The van der Waals surface area contributed by atoms with Crippen molar-refractivity contribution < 1.29 is 14.3 Å². The third-order valence-corrected chi connectivity index (χ3v) is 3.84. The highest BCUT2D eigenvalue weighted by molar-refractivity contribution is 6.33. The highest BCUT2D eigenvalue weighted by atomic mass is 35.5.